The lowest BCUT2D eigenvalue weighted by molar-refractivity contribution is -0.112. The van der Waals surface area contributed by atoms with E-state index in [9.17, 15) is 8.68 Å². The number of nitrogens with one attached hydrogen (secondary N) is 1. The molecule has 10 heteroatoms. The molecule has 0 spiro atoms. The minimum atomic E-state index is -0.281. The highest BCUT2D eigenvalue weighted by atomic mass is 32.2. The molecule has 8 nitrogen and oxygen atoms in total. The summed E-state index contributed by atoms with van der Waals surface area (Å²) in [5.74, 6) is 0.344. The van der Waals surface area contributed by atoms with Crippen LogP contribution in [-0.4, -0.2) is 30.0 Å². The Kier molecular flexibility index (Phi) is 4.85. The third-order valence-corrected chi connectivity index (χ3v) is 4.59. The summed E-state index contributed by atoms with van der Waals surface area (Å²) in [7, 11) is 0. The van der Waals surface area contributed by atoms with Gasteiger partial charge in [0.05, 0.1) is 16.6 Å². The zero-order chi connectivity index (χ0) is 20.5. The van der Waals surface area contributed by atoms with Crippen molar-refractivity contribution in [1.82, 2.24) is 24.1 Å². The number of carbonyl (C=O) groups excluding carboxylic acids is 1. The molecule has 0 fully saturated rings. The molecule has 0 saturated heterocycles. The molecule has 146 valence electrons. The summed E-state index contributed by atoms with van der Waals surface area (Å²) in [6, 6.07) is 7.15. The van der Waals surface area contributed by atoms with Gasteiger partial charge >= 0.3 is 0 Å². The van der Waals surface area contributed by atoms with Crippen LogP contribution in [0.4, 0.5) is 9.57 Å². The third kappa shape index (κ3) is 3.49. The summed E-state index contributed by atoms with van der Waals surface area (Å²) < 4.78 is 20.3. The Morgan fingerprint density at radius 2 is 2.14 bits per heavy atom. The molecule has 1 aromatic carbocycles. The van der Waals surface area contributed by atoms with Crippen LogP contribution in [0, 0.1) is 6.92 Å². The molecule has 3 heterocycles. The van der Waals surface area contributed by atoms with Gasteiger partial charge in [-0.25, -0.2) is 13.9 Å². The van der Waals surface area contributed by atoms with Crippen molar-refractivity contribution < 1.29 is 13.1 Å². The van der Waals surface area contributed by atoms with Crippen LogP contribution in [0.2, 0.25) is 0 Å². The molecule has 0 aliphatic rings. The lowest BCUT2D eigenvalue weighted by Crippen LogP contribution is -2.11. The molecule has 4 aromatic rings. The molecule has 0 aliphatic carbocycles. The first-order valence-corrected chi connectivity index (χ1v) is 9.18. The van der Waals surface area contributed by atoms with Gasteiger partial charge in [0.15, 0.2) is 18.0 Å². The van der Waals surface area contributed by atoms with Crippen molar-refractivity contribution >= 4 is 35.0 Å². The molecule has 0 radical (unpaired) electrons. The van der Waals surface area contributed by atoms with Crippen LogP contribution >= 0.6 is 12.3 Å². The summed E-state index contributed by atoms with van der Waals surface area (Å²) in [6.07, 6.45) is 2.89. The first-order chi connectivity index (χ1) is 14.0. The Bertz CT molecular complexity index is 1250. The van der Waals surface area contributed by atoms with Gasteiger partial charge in [-0.3, -0.25) is 4.79 Å². The van der Waals surface area contributed by atoms with E-state index < -0.39 is 0 Å². The van der Waals surface area contributed by atoms with Crippen molar-refractivity contribution in [2.45, 2.75) is 13.8 Å². The summed E-state index contributed by atoms with van der Waals surface area (Å²) in [6.45, 7) is 6.94. The minimum Gasteiger partial charge on any atom is -0.421 e. The van der Waals surface area contributed by atoms with Gasteiger partial charge in [-0.05, 0) is 19.1 Å². The fourth-order valence-electron chi connectivity index (χ4n) is 2.86. The average Bonchev–Trinajstić information content (AvgIpc) is 3.31. The standard InChI is InChI=1S/C19H15FN6O2S/c1-10(2)18(27)23-13-6-4-5-12(7-13)16-15-14(19-25-24-11(3)28-19)8-26(29-20)17(15)22-9-21-16/h4-9H,1H2,2-3H3,(H,23,27). The molecule has 0 bridgehead atoms. The molecule has 0 saturated carbocycles. The second kappa shape index (κ2) is 7.47. The maximum atomic E-state index is 13.5. The van der Waals surface area contributed by atoms with Crippen LogP contribution in [0.3, 0.4) is 0 Å². The van der Waals surface area contributed by atoms with Crippen molar-refractivity contribution in [1.29, 1.82) is 0 Å². The van der Waals surface area contributed by atoms with Gasteiger partial charge in [0.2, 0.25) is 11.8 Å². The van der Waals surface area contributed by atoms with Crippen molar-refractivity contribution in [2.75, 3.05) is 5.32 Å². The fourth-order valence-corrected chi connectivity index (χ4v) is 3.20. The largest absolute Gasteiger partial charge is 0.421 e. The second-order valence-electron chi connectivity index (χ2n) is 6.30. The summed E-state index contributed by atoms with van der Waals surface area (Å²) in [5, 5.41) is 11.2. The molecule has 0 unspecified atom stereocenters. The van der Waals surface area contributed by atoms with Gasteiger partial charge < -0.3 is 9.73 Å². The smallest absolute Gasteiger partial charge is 0.250 e. The number of hydrogen-bond donors (Lipinski definition) is 1. The topological polar surface area (TPSA) is 98.7 Å². The number of halogens is 1. The molecular formula is C19H15FN6O2S. The zero-order valence-corrected chi connectivity index (χ0v) is 16.3. The van der Waals surface area contributed by atoms with Crippen LogP contribution in [0.15, 0.2) is 53.4 Å². The monoisotopic (exact) mass is 410 g/mol. The fraction of sp³-hybridized carbons (Fsp3) is 0.105. The lowest BCUT2D eigenvalue weighted by Gasteiger charge is -2.08. The van der Waals surface area contributed by atoms with E-state index in [2.05, 4.69) is 32.1 Å². The summed E-state index contributed by atoms with van der Waals surface area (Å²) in [5.41, 5.74) is 3.10. The van der Waals surface area contributed by atoms with Gasteiger partial charge in [0.1, 0.15) is 6.33 Å². The number of nitrogens with zero attached hydrogens (tertiary/aromatic N) is 5. The zero-order valence-electron chi connectivity index (χ0n) is 15.5. The first-order valence-electron chi connectivity index (χ1n) is 8.51. The number of fused-ring (bicyclic) bond motifs is 1. The van der Waals surface area contributed by atoms with Gasteiger partial charge in [-0.2, -0.15) is 0 Å². The number of hydrogen-bond acceptors (Lipinski definition) is 7. The molecule has 1 N–H and O–H groups in total. The van der Waals surface area contributed by atoms with Crippen LogP contribution in [0.1, 0.15) is 12.8 Å². The second-order valence-corrected chi connectivity index (χ2v) is 6.83. The molecule has 29 heavy (non-hydrogen) atoms. The quantitative estimate of drug-likeness (QED) is 0.488. The van der Waals surface area contributed by atoms with Crippen LogP contribution in [-0.2, 0) is 4.79 Å². The van der Waals surface area contributed by atoms with Crippen LogP contribution < -0.4 is 5.32 Å². The number of aryl methyl sites for hydroxylation is 1. The molecule has 0 aliphatic heterocycles. The van der Waals surface area contributed by atoms with Gasteiger partial charge in [-0.15, -0.1) is 14.1 Å². The van der Waals surface area contributed by atoms with Crippen LogP contribution in [0.25, 0.3) is 33.7 Å². The number of carbonyl (C=O) groups is 1. The Morgan fingerprint density at radius 3 is 2.83 bits per heavy atom. The molecule has 3 aromatic heterocycles. The molecule has 0 atom stereocenters. The first kappa shape index (κ1) is 18.8. The van der Waals surface area contributed by atoms with E-state index in [0.717, 1.165) is 0 Å². The van der Waals surface area contributed by atoms with E-state index in [1.54, 1.807) is 32.0 Å². The molecule has 1 amide bonds. The van der Waals surface area contributed by atoms with E-state index >= 15 is 0 Å². The number of rotatable bonds is 5. The predicted octanol–water partition coefficient (Wildman–Crippen LogP) is 4.35. The highest BCUT2D eigenvalue weighted by Crippen LogP contribution is 2.37. The van der Waals surface area contributed by atoms with Gasteiger partial charge in [0, 0.05) is 29.9 Å². The molecular weight excluding hydrogens is 395 g/mol. The van der Waals surface area contributed by atoms with E-state index in [0.29, 0.717) is 45.0 Å². The van der Waals surface area contributed by atoms with E-state index in [1.165, 1.54) is 16.5 Å². The van der Waals surface area contributed by atoms with Crippen molar-refractivity contribution in [3.8, 4) is 22.7 Å². The van der Waals surface area contributed by atoms with Crippen molar-refractivity contribution in [3.63, 3.8) is 0 Å². The normalized spacial score (nSPS) is 11.0. The van der Waals surface area contributed by atoms with E-state index in [4.69, 9.17) is 4.42 Å². The van der Waals surface area contributed by atoms with E-state index in [1.807, 2.05) is 6.07 Å². The number of anilines is 1. The number of benzene rings is 1. The SMILES string of the molecule is C=C(C)C(=O)Nc1cccc(-c2ncnc3c2c(-c2nnc(C)o2)cn3SF)c1. The third-order valence-electron chi connectivity index (χ3n) is 4.16. The van der Waals surface area contributed by atoms with Crippen LogP contribution in [0.5, 0.6) is 0 Å². The highest BCUT2D eigenvalue weighted by Gasteiger charge is 2.21. The Hall–Kier alpha value is -3.53. The maximum absolute atomic E-state index is 13.5. The summed E-state index contributed by atoms with van der Waals surface area (Å²) >= 11 is 0.00908. The predicted molar refractivity (Wildman–Crippen MR) is 109 cm³/mol. The average molecular weight is 410 g/mol. The van der Waals surface area contributed by atoms with Gasteiger partial charge in [-0.1, -0.05) is 18.7 Å². The Morgan fingerprint density at radius 1 is 1.31 bits per heavy atom. The summed E-state index contributed by atoms with van der Waals surface area (Å²) in [4.78, 5) is 20.5. The number of aromatic nitrogens is 5. The van der Waals surface area contributed by atoms with Crippen molar-refractivity contribution in [2.24, 2.45) is 0 Å². The molecule has 4 rings (SSSR count). The minimum absolute atomic E-state index is 0.00908. The Labute approximate surface area is 169 Å². The van der Waals surface area contributed by atoms with Gasteiger partial charge in [0.25, 0.3) is 5.91 Å². The Balaban J connectivity index is 1.90. The highest BCUT2D eigenvalue weighted by molar-refractivity contribution is 7.92. The lowest BCUT2D eigenvalue weighted by atomic mass is 10.1. The van der Waals surface area contributed by atoms with E-state index in [-0.39, 0.29) is 24.1 Å². The number of amides is 1. The maximum Gasteiger partial charge on any atom is 0.250 e. The van der Waals surface area contributed by atoms with Crippen molar-refractivity contribution in [3.05, 3.63) is 54.8 Å².